The molecule has 3 N–H and O–H groups in total. The summed E-state index contributed by atoms with van der Waals surface area (Å²) >= 11 is 5.74. The first kappa shape index (κ1) is 13.1. The van der Waals surface area contributed by atoms with Gasteiger partial charge in [0.15, 0.2) is 0 Å². The summed E-state index contributed by atoms with van der Waals surface area (Å²) in [5, 5.41) is 3.11. The van der Waals surface area contributed by atoms with Crippen LogP contribution in [0, 0.1) is 5.92 Å². The number of aromatic nitrogens is 1. The molecule has 1 aromatic rings. The van der Waals surface area contributed by atoms with Crippen LogP contribution in [0.1, 0.15) is 23.7 Å². The molecule has 6 heteroatoms. The molecule has 0 aliphatic carbocycles. The zero-order valence-electron chi connectivity index (χ0n) is 10.1. The summed E-state index contributed by atoms with van der Waals surface area (Å²) in [6.45, 7) is 3.35. The van der Waals surface area contributed by atoms with Gasteiger partial charge in [-0.2, -0.15) is 0 Å². The van der Waals surface area contributed by atoms with Crippen LogP contribution in [-0.4, -0.2) is 30.1 Å². The van der Waals surface area contributed by atoms with Gasteiger partial charge in [0, 0.05) is 19.1 Å². The number of nitrogen functional groups attached to an aromatic ring is 1. The zero-order valence-corrected chi connectivity index (χ0v) is 10.9. The second kappa shape index (κ2) is 5.54. The Balaban J connectivity index is 1.97. The number of pyridine rings is 1. The maximum Gasteiger partial charge on any atom is 0.253 e. The van der Waals surface area contributed by atoms with Gasteiger partial charge in [0.2, 0.25) is 0 Å². The monoisotopic (exact) mass is 269 g/mol. The van der Waals surface area contributed by atoms with E-state index in [9.17, 15) is 4.79 Å². The fraction of sp³-hybridized carbons (Fsp3) is 0.500. The van der Waals surface area contributed by atoms with Gasteiger partial charge < -0.3 is 15.8 Å². The molecule has 0 saturated carbocycles. The summed E-state index contributed by atoms with van der Waals surface area (Å²) in [7, 11) is 0. The maximum atomic E-state index is 12.0. The van der Waals surface area contributed by atoms with E-state index in [1.807, 2.05) is 6.92 Å². The maximum absolute atomic E-state index is 12.0. The molecule has 5 nitrogen and oxygen atoms in total. The third-order valence-electron chi connectivity index (χ3n) is 3.20. The van der Waals surface area contributed by atoms with E-state index in [1.54, 1.807) is 0 Å². The van der Waals surface area contributed by atoms with Crippen LogP contribution in [0.4, 0.5) is 5.69 Å². The molecule has 18 heavy (non-hydrogen) atoms. The number of carbonyl (C=O) groups excluding carboxylic acids is 1. The van der Waals surface area contributed by atoms with E-state index in [1.165, 1.54) is 12.3 Å². The van der Waals surface area contributed by atoms with Crippen molar-refractivity contribution in [3.63, 3.8) is 0 Å². The van der Waals surface area contributed by atoms with Crippen molar-refractivity contribution in [2.45, 2.75) is 19.4 Å². The van der Waals surface area contributed by atoms with Crippen molar-refractivity contribution in [3.8, 4) is 0 Å². The lowest BCUT2D eigenvalue weighted by Crippen LogP contribution is -2.32. The van der Waals surface area contributed by atoms with Crippen molar-refractivity contribution >= 4 is 23.2 Å². The number of nitrogens with two attached hydrogens (primary N) is 1. The molecule has 0 radical (unpaired) electrons. The van der Waals surface area contributed by atoms with Gasteiger partial charge in [-0.3, -0.25) is 4.79 Å². The van der Waals surface area contributed by atoms with Crippen LogP contribution in [-0.2, 0) is 4.74 Å². The first-order valence-corrected chi connectivity index (χ1v) is 6.26. The third-order valence-corrected chi connectivity index (χ3v) is 3.41. The molecule has 0 bridgehead atoms. The Kier molecular flexibility index (Phi) is 4.04. The van der Waals surface area contributed by atoms with Crippen LogP contribution in [0.3, 0.4) is 0 Å². The summed E-state index contributed by atoms with van der Waals surface area (Å²) in [6, 6.07) is 1.47. The summed E-state index contributed by atoms with van der Waals surface area (Å²) in [4.78, 5) is 15.8. The molecule has 1 aliphatic heterocycles. The minimum absolute atomic E-state index is 0.184. The normalized spacial score (nSPS) is 23.0. The van der Waals surface area contributed by atoms with Crippen LogP contribution in [0.2, 0.25) is 5.15 Å². The molecule has 1 aliphatic rings. The molecule has 0 aromatic carbocycles. The molecule has 98 valence electrons. The number of anilines is 1. The SMILES string of the molecule is CC1OCCC1CNC(=O)c1cc(Cl)ncc1N. The molecular weight excluding hydrogens is 254 g/mol. The molecule has 0 spiro atoms. The van der Waals surface area contributed by atoms with Crippen molar-refractivity contribution in [2.24, 2.45) is 5.92 Å². The highest BCUT2D eigenvalue weighted by Gasteiger charge is 2.24. The van der Waals surface area contributed by atoms with E-state index in [4.69, 9.17) is 22.1 Å². The summed E-state index contributed by atoms with van der Waals surface area (Å²) < 4.78 is 5.44. The zero-order chi connectivity index (χ0) is 13.1. The van der Waals surface area contributed by atoms with E-state index in [0.717, 1.165) is 13.0 Å². The first-order chi connectivity index (χ1) is 8.58. The molecule has 2 heterocycles. The molecule has 1 aromatic heterocycles. The first-order valence-electron chi connectivity index (χ1n) is 5.88. The number of ether oxygens (including phenoxy) is 1. The van der Waals surface area contributed by atoms with Gasteiger partial charge in [0.05, 0.1) is 23.6 Å². The minimum atomic E-state index is -0.226. The van der Waals surface area contributed by atoms with Gasteiger partial charge in [-0.05, 0) is 19.4 Å². The Morgan fingerprint density at radius 1 is 1.72 bits per heavy atom. The highest BCUT2D eigenvalue weighted by Crippen LogP contribution is 2.20. The summed E-state index contributed by atoms with van der Waals surface area (Å²) in [6.07, 6.45) is 2.54. The van der Waals surface area contributed by atoms with Crippen LogP contribution in [0.5, 0.6) is 0 Å². The van der Waals surface area contributed by atoms with E-state index in [-0.39, 0.29) is 17.2 Å². The van der Waals surface area contributed by atoms with Gasteiger partial charge in [-0.1, -0.05) is 11.6 Å². The van der Waals surface area contributed by atoms with Crippen LogP contribution in [0.25, 0.3) is 0 Å². The number of hydrogen-bond acceptors (Lipinski definition) is 4. The number of carbonyl (C=O) groups is 1. The lowest BCUT2D eigenvalue weighted by molar-refractivity contribution is 0.0908. The molecule has 2 unspecified atom stereocenters. The molecule has 2 atom stereocenters. The van der Waals surface area contributed by atoms with Crippen LogP contribution in [0.15, 0.2) is 12.3 Å². The van der Waals surface area contributed by atoms with Crippen molar-refractivity contribution < 1.29 is 9.53 Å². The number of amides is 1. The lowest BCUT2D eigenvalue weighted by atomic mass is 10.0. The molecule has 1 fully saturated rings. The lowest BCUT2D eigenvalue weighted by Gasteiger charge is -2.15. The van der Waals surface area contributed by atoms with Crippen molar-refractivity contribution in [3.05, 3.63) is 23.0 Å². The number of halogens is 1. The van der Waals surface area contributed by atoms with Gasteiger partial charge in [0.1, 0.15) is 5.15 Å². The average molecular weight is 270 g/mol. The molecule has 1 saturated heterocycles. The Bertz CT molecular complexity index is 453. The molecule has 1 amide bonds. The smallest absolute Gasteiger partial charge is 0.253 e. The Labute approximate surface area is 111 Å². The number of hydrogen-bond donors (Lipinski definition) is 2. The summed E-state index contributed by atoms with van der Waals surface area (Å²) in [5.41, 5.74) is 6.38. The number of rotatable bonds is 3. The van der Waals surface area contributed by atoms with Gasteiger partial charge in [0.25, 0.3) is 5.91 Å². The topological polar surface area (TPSA) is 77.2 Å². The Morgan fingerprint density at radius 2 is 2.50 bits per heavy atom. The number of nitrogens with zero attached hydrogens (tertiary/aromatic N) is 1. The van der Waals surface area contributed by atoms with E-state index >= 15 is 0 Å². The standard InChI is InChI=1S/C12H16ClN3O2/c1-7-8(2-3-18-7)5-16-12(17)9-4-11(13)15-6-10(9)14/h4,6-8H,2-3,5,14H2,1H3,(H,16,17). The minimum Gasteiger partial charge on any atom is -0.397 e. The fourth-order valence-corrected chi connectivity index (χ4v) is 2.16. The average Bonchev–Trinajstić information content (AvgIpc) is 2.75. The molecule has 2 rings (SSSR count). The second-order valence-corrected chi connectivity index (χ2v) is 4.82. The van der Waals surface area contributed by atoms with Gasteiger partial charge >= 0.3 is 0 Å². The van der Waals surface area contributed by atoms with E-state index < -0.39 is 0 Å². The Morgan fingerprint density at radius 3 is 3.17 bits per heavy atom. The van der Waals surface area contributed by atoms with Crippen molar-refractivity contribution in [1.82, 2.24) is 10.3 Å². The van der Waals surface area contributed by atoms with Crippen LogP contribution >= 0.6 is 11.6 Å². The molecular formula is C12H16ClN3O2. The predicted molar refractivity (Wildman–Crippen MR) is 69.5 cm³/mol. The Hall–Kier alpha value is -1.33. The summed E-state index contributed by atoms with van der Waals surface area (Å²) in [5.74, 6) is 0.128. The number of nitrogens with one attached hydrogen (secondary N) is 1. The van der Waals surface area contributed by atoms with Crippen molar-refractivity contribution in [2.75, 3.05) is 18.9 Å². The second-order valence-electron chi connectivity index (χ2n) is 4.43. The highest BCUT2D eigenvalue weighted by molar-refractivity contribution is 6.29. The highest BCUT2D eigenvalue weighted by atomic mass is 35.5. The van der Waals surface area contributed by atoms with E-state index in [2.05, 4.69) is 10.3 Å². The fourth-order valence-electron chi connectivity index (χ4n) is 2.00. The third kappa shape index (κ3) is 2.91. The van der Waals surface area contributed by atoms with Gasteiger partial charge in [-0.25, -0.2) is 4.98 Å². The van der Waals surface area contributed by atoms with E-state index in [0.29, 0.717) is 23.7 Å². The van der Waals surface area contributed by atoms with Crippen LogP contribution < -0.4 is 11.1 Å². The predicted octanol–water partition coefficient (Wildman–Crippen LogP) is 1.47. The largest absolute Gasteiger partial charge is 0.397 e. The van der Waals surface area contributed by atoms with Gasteiger partial charge in [-0.15, -0.1) is 0 Å². The van der Waals surface area contributed by atoms with Crippen molar-refractivity contribution in [1.29, 1.82) is 0 Å². The quantitative estimate of drug-likeness (QED) is 0.815.